The van der Waals surface area contributed by atoms with E-state index in [0.717, 1.165) is 16.9 Å². The average Bonchev–Trinajstić information content (AvgIpc) is 2.43. The zero-order valence-electron chi connectivity index (χ0n) is 6.86. The van der Waals surface area contributed by atoms with E-state index in [-0.39, 0.29) is 0 Å². The van der Waals surface area contributed by atoms with Crippen molar-refractivity contribution in [3.63, 3.8) is 0 Å². The molecule has 0 atom stereocenters. The number of aryl methyl sites for hydroxylation is 1. The van der Waals surface area contributed by atoms with E-state index in [1.54, 1.807) is 10.7 Å². The number of nitrogens with two attached hydrogens (primary N) is 1. The molecule has 4 nitrogen and oxygen atoms in total. The molecule has 0 spiro atoms. The molecule has 4 heteroatoms. The minimum absolute atomic E-state index is 0.502. The number of fused-ring (bicyclic) bond motifs is 1. The summed E-state index contributed by atoms with van der Waals surface area (Å²) < 4.78 is 1.75. The molecule has 0 aromatic carbocycles. The number of hydrogen-bond acceptors (Lipinski definition) is 3. The van der Waals surface area contributed by atoms with Gasteiger partial charge >= 0.3 is 0 Å². The average molecular weight is 162 g/mol. The summed E-state index contributed by atoms with van der Waals surface area (Å²) in [6.07, 6.45) is 3.67. The maximum absolute atomic E-state index is 5.47. The predicted molar refractivity (Wildman–Crippen MR) is 45.6 cm³/mol. The molecule has 0 fully saturated rings. The number of nitrogens with zero attached hydrogens (tertiary/aromatic N) is 3. The third-order valence-electron chi connectivity index (χ3n) is 1.72. The van der Waals surface area contributed by atoms with Crippen LogP contribution in [0.2, 0.25) is 0 Å². The van der Waals surface area contributed by atoms with Crippen LogP contribution in [0.25, 0.3) is 5.65 Å². The number of rotatable bonds is 1. The van der Waals surface area contributed by atoms with Crippen LogP contribution in [0.1, 0.15) is 11.3 Å². The predicted octanol–water partition coefficient (Wildman–Crippen LogP) is 0.496. The van der Waals surface area contributed by atoms with E-state index in [1.807, 2.05) is 19.2 Å². The maximum atomic E-state index is 5.47. The quantitative estimate of drug-likeness (QED) is 0.664. The van der Waals surface area contributed by atoms with Crippen LogP contribution >= 0.6 is 0 Å². The van der Waals surface area contributed by atoms with Gasteiger partial charge in [-0.3, -0.25) is 0 Å². The van der Waals surface area contributed by atoms with Gasteiger partial charge in [-0.1, -0.05) is 0 Å². The molecule has 0 unspecified atom stereocenters. The Balaban J connectivity index is 2.66. The van der Waals surface area contributed by atoms with Crippen molar-refractivity contribution in [1.29, 1.82) is 0 Å². The van der Waals surface area contributed by atoms with E-state index in [0.29, 0.717) is 6.54 Å². The SMILES string of the molecule is Cc1cc2ncc(CN)cn2n1. The van der Waals surface area contributed by atoms with E-state index in [1.165, 1.54) is 0 Å². The molecule has 0 aliphatic rings. The van der Waals surface area contributed by atoms with Gasteiger partial charge in [-0.2, -0.15) is 5.10 Å². The van der Waals surface area contributed by atoms with Crippen LogP contribution in [0, 0.1) is 6.92 Å². The Kier molecular flexibility index (Phi) is 1.55. The second-order valence-corrected chi connectivity index (χ2v) is 2.75. The molecule has 0 radical (unpaired) electrons. The molecule has 2 rings (SSSR count). The highest BCUT2D eigenvalue weighted by Crippen LogP contribution is 2.03. The van der Waals surface area contributed by atoms with Crippen molar-refractivity contribution in [1.82, 2.24) is 14.6 Å². The van der Waals surface area contributed by atoms with Gasteiger partial charge in [0.25, 0.3) is 0 Å². The topological polar surface area (TPSA) is 56.2 Å². The van der Waals surface area contributed by atoms with Crippen molar-refractivity contribution in [3.05, 3.63) is 29.7 Å². The van der Waals surface area contributed by atoms with E-state index >= 15 is 0 Å². The lowest BCUT2D eigenvalue weighted by molar-refractivity contribution is 0.887. The van der Waals surface area contributed by atoms with E-state index in [9.17, 15) is 0 Å². The Bertz CT molecular complexity index is 404. The van der Waals surface area contributed by atoms with Gasteiger partial charge in [0.2, 0.25) is 0 Å². The molecule has 2 N–H and O–H groups in total. The monoisotopic (exact) mass is 162 g/mol. The molecule has 0 bridgehead atoms. The van der Waals surface area contributed by atoms with Crippen molar-refractivity contribution in [2.45, 2.75) is 13.5 Å². The fourth-order valence-corrected chi connectivity index (χ4v) is 1.14. The zero-order valence-corrected chi connectivity index (χ0v) is 6.86. The summed E-state index contributed by atoms with van der Waals surface area (Å²) >= 11 is 0. The van der Waals surface area contributed by atoms with Gasteiger partial charge in [-0.05, 0) is 6.92 Å². The Labute approximate surface area is 70.0 Å². The fraction of sp³-hybridized carbons (Fsp3) is 0.250. The molecule has 12 heavy (non-hydrogen) atoms. The Morgan fingerprint density at radius 1 is 1.58 bits per heavy atom. The van der Waals surface area contributed by atoms with E-state index in [2.05, 4.69) is 10.1 Å². The molecular weight excluding hydrogens is 152 g/mol. The molecule has 0 saturated carbocycles. The van der Waals surface area contributed by atoms with E-state index < -0.39 is 0 Å². The van der Waals surface area contributed by atoms with Crippen LogP contribution < -0.4 is 5.73 Å². The lowest BCUT2D eigenvalue weighted by atomic mass is 10.3. The third-order valence-corrected chi connectivity index (χ3v) is 1.72. The van der Waals surface area contributed by atoms with Crippen LogP contribution in [0.3, 0.4) is 0 Å². The Morgan fingerprint density at radius 3 is 3.17 bits per heavy atom. The lowest BCUT2D eigenvalue weighted by Crippen LogP contribution is -2.00. The summed E-state index contributed by atoms with van der Waals surface area (Å²) in [5.41, 5.74) is 8.29. The zero-order chi connectivity index (χ0) is 8.55. The first-order valence-corrected chi connectivity index (χ1v) is 3.80. The minimum Gasteiger partial charge on any atom is -0.326 e. The van der Waals surface area contributed by atoms with Crippen LogP contribution in [0.5, 0.6) is 0 Å². The van der Waals surface area contributed by atoms with Gasteiger partial charge in [0.1, 0.15) is 0 Å². The fourth-order valence-electron chi connectivity index (χ4n) is 1.14. The smallest absolute Gasteiger partial charge is 0.155 e. The van der Waals surface area contributed by atoms with Crippen LogP contribution in [0.4, 0.5) is 0 Å². The molecule has 2 aromatic heterocycles. The molecule has 2 heterocycles. The lowest BCUT2D eigenvalue weighted by Gasteiger charge is -1.95. The van der Waals surface area contributed by atoms with Crippen LogP contribution in [0.15, 0.2) is 18.5 Å². The second-order valence-electron chi connectivity index (χ2n) is 2.75. The summed E-state index contributed by atoms with van der Waals surface area (Å²) in [5, 5.41) is 4.22. The van der Waals surface area contributed by atoms with Crippen molar-refractivity contribution >= 4 is 5.65 Å². The first-order valence-electron chi connectivity index (χ1n) is 3.80. The molecule has 62 valence electrons. The normalized spacial score (nSPS) is 10.8. The van der Waals surface area contributed by atoms with Gasteiger partial charge in [-0.25, -0.2) is 9.50 Å². The maximum Gasteiger partial charge on any atom is 0.155 e. The van der Waals surface area contributed by atoms with Gasteiger partial charge in [-0.15, -0.1) is 0 Å². The van der Waals surface area contributed by atoms with Crippen molar-refractivity contribution < 1.29 is 0 Å². The highest BCUT2D eigenvalue weighted by molar-refractivity contribution is 5.38. The molecular formula is C8H10N4. The summed E-state index contributed by atoms with van der Waals surface area (Å²) in [7, 11) is 0. The standard InChI is InChI=1S/C8H10N4/c1-6-2-8-10-4-7(3-9)5-12(8)11-6/h2,4-5H,3,9H2,1H3. The summed E-state index contributed by atoms with van der Waals surface area (Å²) in [4.78, 5) is 4.19. The molecule has 2 aromatic rings. The van der Waals surface area contributed by atoms with Crippen molar-refractivity contribution in [3.8, 4) is 0 Å². The summed E-state index contributed by atoms with van der Waals surface area (Å²) in [6.45, 7) is 2.44. The highest BCUT2D eigenvalue weighted by atomic mass is 15.2. The molecule has 0 amide bonds. The number of aromatic nitrogens is 3. The van der Waals surface area contributed by atoms with Crippen LogP contribution in [-0.2, 0) is 6.54 Å². The van der Waals surface area contributed by atoms with Gasteiger partial charge in [0.05, 0.1) is 5.69 Å². The highest BCUT2D eigenvalue weighted by Gasteiger charge is 1.98. The number of hydrogen-bond donors (Lipinski definition) is 1. The van der Waals surface area contributed by atoms with Crippen LogP contribution in [-0.4, -0.2) is 14.6 Å². The molecule has 0 saturated heterocycles. The van der Waals surface area contributed by atoms with Crippen molar-refractivity contribution in [2.75, 3.05) is 0 Å². The second kappa shape index (κ2) is 2.57. The summed E-state index contributed by atoms with van der Waals surface area (Å²) in [5.74, 6) is 0. The first kappa shape index (κ1) is 7.24. The van der Waals surface area contributed by atoms with Gasteiger partial charge < -0.3 is 5.73 Å². The van der Waals surface area contributed by atoms with E-state index in [4.69, 9.17) is 5.73 Å². The largest absolute Gasteiger partial charge is 0.326 e. The van der Waals surface area contributed by atoms with Gasteiger partial charge in [0.15, 0.2) is 5.65 Å². The minimum atomic E-state index is 0.502. The third kappa shape index (κ3) is 1.06. The van der Waals surface area contributed by atoms with Crippen molar-refractivity contribution in [2.24, 2.45) is 5.73 Å². The van der Waals surface area contributed by atoms with Gasteiger partial charge in [0, 0.05) is 30.6 Å². The molecule has 0 aliphatic carbocycles. The Morgan fingerprint density at radius 2 is 2.42 bits per heavy atom. The first-order chi connectivity index (χ1) is 5.79. The molecule has 0 aliphatic heterocycles. The Hall–Kier alpha value is -1.42. The summed E-state index contributed by atoms with van der Waals surface area (Å²) in [6, 6.07) is 1.93.